The highest BCUT2D eigenvalue weighted by Gasteiger charge is 2.30. The zero-order valence-electron chi connectivity index (χ0n) is 9.85. The molecule has 0 bridgehead atoms. The molecule has 0 radical (unpaired) electrons. The molecule has 1 aliphatic carbocycles. The number of carbonyl (C=O) groups excluding carboxylic acids is 1. The highest BCUT2D eigenvalue weighted by atomic mass is 32.2. The van der Waals surface area contributed by atoms with Gasteiger partial charge in [-0.2, -0.15) is 5.10 Å². The van der Waals surface area contributed by atoms with Gasteiger partial charge in [0.25, 0.3) is 5.91 Å². The summed E-state index contributed by atoms with van der Waals surface area (Å²) in [7, 11) is -2.96. The molecular weight excluding hydrogens is 254 g/mol. The molecule has 2 heterocycles. The van der Waals surface area contributed by atoms with Crippen molar-refractivity contribution in [3.8, 4) is 0 Å². The molecule has 2 fully saturated rings. The van der Waals surface area contributed by atoms with E-state index >= 15 is 0 Å². The monoisotopic (exact) mass is 269 g/mol. The average molecular weight is 269 g/mol. The molecule has 0 aromatic carbocycles. The highest BCUT2D eigenvalue weighted by Crippen LogP contribution is 2.38. The van der Waals surface area contributed by atoms with E-state index in [0.29, 0.717) is 18.0 Å². The van der Waals surface area contributed by atoms with Crippen LogP contribution in [0, 0.1) is 0 Å². The predicted octanol–water partition coefficient (Wildman–Crippen LogP) is 0.204. The maximum Gasteiger partial charge on any atom is 0.272 e. The van der Waals surface area contributed by atoms with Gasteiger partial charge >= 0.3 is 0 Å². The Morgan fingerprint density at radius 3 is 2.78 bits per heavy atom. The molecule has 18 heavy (non-hydrogen) atoms. The fraction of sp³-hybridized carbons (Fsp3) is 0.636. The van der Waals surface area contributed by atoms with Crippen LogP contribution in [0.4, 0.5) is 0 Å². The summed E-state index contributed by atoms with van der Waals surface area (Å²) < 4.78 is 22.6. The van der Waals surface area contributed by atoms with Gasteiger partial charge in [0, 0.05) is 17.7 Å². The average Bonchev–Trinajstić information content (AvgIpc) is 2.93. The molecule has 3 rings (SSSR count). The largest absolute Gasteiger partial charge is 0.347 e. The first-order valence-corrected chi connectivity index (χ1v) is 7.92. The summed E-state index contributed by atoms with van der Waals surface area (Å²) >= 11 is 0. The number of sulfone groups is 1. The van der Waals surface area contributed by atoms with E-state index in [9.17, 15) is 13.2 Å². The SMILES string of the molecule is O=C(N[C@@H]1CCS(=O)(=O)C1)c1cc(C2CC2)[nH]n1. The summed E-state index contributed by atoms with van der Waals surface area (Å²) in [4.78, 5) is 11.9. The fourth-order valence-electron chi connectivity index (χ4n) is 2.22. The minimum atomic E-state index is -2.96. The lowest BCUT2D eigenvalue weighted by Gasteiger charge is -2.08. The normalized spacial score (nSPS) is 26.1. The molecule has 1 aromatic heterocycles. The Morgan fingerprint density at radius 1 is 1.39 bits per heavy atom. The number of nitrogens with one attached hydrogen (secondary N) is 2. The van der Waals surface area contributed by atoms with Crippen molar-refractivity contribution in [1.82, 2.24) is 15.5 Å². The number of hydrogen-bond donors (Lipinski definition) is 2. The molecule has 2 aliphatic rings. The molecular formula is C11H15N3O3S. The maximum absolute atomic E-state index is 11.9. The van der Waals surface area contributed by atoms with Crippen molar-refractivity contribution in [2.45, 2.75) is 31.2 Å². The molecule has 6 nitrogen and oxygen atoms in total. The zero-order chi connectivity index (χ0) is 12.8. The lowest BCUT2D eigenvalue weighted by molar-refractivity contribution is 0.0936. The van der Waals surface area contributed by atoms with Crippen molar-refractivity contribution in [3.05, 3.63) is 17.5 Å². The zero-order valence-corrected chi connectivity index (χ0v) is 10.7. The summed E-state index contributed by atoms with van der Waals surface area (Å²) in [6, 6.07) is 1.49. The second kappa shape index (κ2) is 4.08. The van der Waals surface area contributed by atoms with Gasteiger partial charge in [-0.25, -0.2) is 8.42 Å². The predicted molar refractivity (Wildman–Crippen MR) is 65.1 cm³/mol. The number of aromatic amines is 1. The van der Waals surface area contributed by atoms with E-state index in [1.165, 1.54) is 0 Å². The summed E-state index contributed by atoms with van der Waals surface area (Å²) in [5, 5.41) is 9.55. The summed E-state index contributed by atoms with van der Waals surface area (Å²) in [6.07, 6.45) is 2.78. The van der Waals surface area contributed by atoms with Crippen LogP contribution in [-0.2, 0) is 9.84 Å². The molecule has 0 spiro atoms. The van der Waals surface area contributed by atoms with Crippen LogP contribution in [-0.4, -0.2) is 42.1 Å². The van der Waals surface area contributed by atoms with Gasteiger partial charge in [0.1, 0.15) is 5.69 Å². The van der Waals surface area contributed by atoms with Gasteiger partial charge in [-0.05, 0) is 25.3 Å². The molecule has 1 amide bonds. The summed E-state index contributed by atoms with van der Waals surface area (Å²) in [5.41, 5.74) is 1.35. The van der Waals surface area contributed by atoms with Gasteiger partial charge in [0.15, 0.2) is 9.84 Å². The minimum absolute atomic E-state index is 0.0403. The van der Waals surface area contributed by atoms with Crippen LogP contribution in [0.3, 0.4) is 0 Å². The third-order valence-corrected chi connectivity index (χ3v) is 5.18. The number of nitrogens with zero attached hydrogens (tertiary/aromatic N) is 1. The van der Waals surface area contributed by atoms with Gasteiger partial charge in [-0.3, -0.25) is 9.89 Å². The van der Waals surface area contributed by atoms with Crippen molar-refractivity contribution < 1.29 is 13.2 Å². The Kier molecular flexibility index (Phi) is 2.65. The van der Waals surface area contributed by atoms with E-state index < -0.39 is 9.84 Å². The fourth-order valence-corrected chi connectivity index (χ4v) is 3.90. The van der Waals surface area contributed by atoms with Crippen molar-refractivity contribution in [2.75, 3.05) is 11.5 Å². The van der Waals surface area contributed by atoms with Gasteiger partial charge in [0.2, 0.25) is 0 Å². The van der Waals surface area contributed by atoms with Crippen molar-refractivity contribution in [3.63, 3.8) is 0 Å². The molecule has 1 saturated heterocycles. The summed E-state index contributed by atoms with van der Waals surface area (Å²) in [5.74, 6) is 0.427. The Bertz CT molecular complexity index is 574. The van der Waals surface area contributed by atoms with Crippen LogP contribution in [0.2, 0.25) is 0 Å². The minimum Gasteiger partial charge on any atom is -0.347 e. The maximum atomic E-state index is 11.9. The van der Waals surface area contributed by atoms with Crippen molar-refractivity contribution in [2.24, 2.45) is 0 Å². The van der Waals surface area contributed by atoms with E-state index in [-0.39, 0.29) is 23.5 Å². The smallest absolute Gasteiger partial charge is 0.272 e. The number of H-pyrrole nitrogens is 1. The third-order valence-electron chi connectivity index (χ3n) is 3.42. The van der Waals surface area contributed by atoms with Crippen LogP contribution in [0.15, 0.2) is 6.07 Å². The summed E-state index contributed by atoms with van der Waals surface area (Å²) in [6.45, 7) is 0. The van der Waals surface area contributed by atoms with Crippen LogP contribution in [0.5, 0.6) is 0 Å². The second-order valence-electron chi connectivity index (χ2n) is 5.06. The van der Waals surface area contributed by atoms with Crippen LogP contribution >= 0.6 is 0 Å². The van der Waals surface area contributed by atoms with Gasteiger partial charge in [-0.1, -0.05) is 0 Å². The first-order valence-electron chi connectivity index (χ1n) is 6.10. The van der Waals surface area contributed by atoms with E-state index in [2.05, 4.69) is 15.5 Å². The second-order valence-corrected chi connectivity index (χ2v) is 7.28. The van der Waals surface area contributed by atoms with Gasteiger partial charge in [0.05, 0.1) is 11.5 Å². The first kappa shape index (κ1) is 11.7. The van der Waals surface area contributed by atoms with Crippen molar-refractivity contribution >= 4 is 15.7 Å². The lowest BCUT2D eigenvalue weighted by Crippen LogP contribution is -2.35. The number of aromatic nitrogens is 2. The van der Waals surface area contributed by atoms with E-state index in [1.807, 2.05) is 0 Å². The number of amides is 1. The van der Waals surface area contributed by atoms with E-state index in [4.69, 9.17) is 0 Å². The van der Waals surface area contributed by atoms with E-state index in [1.54, 1.807) is 6.07 Å². The topological polar surface area (TPSA) is 91.9 Å². The third kappa shape index (κ3) is 2.40. The Hall–Kier alpha value is -1.37. The molecule has 1 aliphatic heterocycles. The Balaban J connectivity index is 1.63. The van der Waals surface area contributed by atoms with Crippen molar-refractivity contribution in [1.29, 1.82) is 0 Å². The van der Waals surface area contributed by atoms with Crippen LogP contribution in [0.1, 0.15) is 41.4 Å². The lowest BCUT2D eigenvalue weighted by atomic mass is 10.2. The molecule has 7 heteroatoms. The van der Waals surface area contributed by atoms with Crippen LogP contribution in [0.25, 0.3) is 0 Å². The molecule has 0 unspecified atom stereocenters. The number of rotatable bonds is 3. The quantitative estimate of drug-likeness (QED) is 0.820. The molecule has 98 valence electrons. The molecule has 2 N–H and O–H groups in total. The number of carbonyl (C=O) groups is 1. The molecule has 1 atom stereocenters. The highest BCUT2D eigenvalue weighted by molar-refractivity contribution is 7.91. The van der Waals surface area contributed by atoms with Gasteiger partial charge in [-0.15, -0.1) is 0 Å². The van der Waals surface area contributed by atoms with Crippen LogP contribution < -0.4 is 5.32 Å². The molecule has 1 aromatic rings. The first-order chi connectivity index (χ1) is 8.53. The standard InChI is InChI=1S/C11H15N3O3S/c15-11(12-8-3-4-18(16,17)6-8)10-5-9(13-14-10)7-1-2-7/h5,7-8H,1-4,6H2,(H,12,15)(H,13,14)/t8-/m1/s1. The van der Waals surface area contributed by atoms with E-state index in [0.717, 1.165) is 18.5 Å². The Labute approximate surface area is 105 Å². The molecule has 1 saturated carbocycles. The number of hydrogen-bond acceptors (Lipinski definition) is 4. The Morgan fingerprint density at radius 2 is 2.17 bits per heavy atom. The van der Waals surface area contributed by atoms with Gasteiger partial charge < -0.3 is 5.32 Å².